The summed E-state index contributed by atoms with van der Waals surface area (Å²) in [5.41, 5.74) is 1.82. The first-order valence-electron chi connectivity index (χ1n) is 9.12. The van der Waals surface area contributed by atoms with Crippen molar-refractivity contribution < 1.29 is 14.4 Å². The van der Waals surface area contributed by atoms with Gasteiger partial charge in [0.2, 0.25) is 5.91 Å². The topological polar surface area (TPSA) is 90.5 Å². The second-order valence-corrected chi connectivity index (χ2v) is 7.28. The van der Waals surface area contributed by atoms with E-state index in [1.807, 2.05) is 0 Å². The van der Waals surface area contributed by atoms with E-state index in [1.165, 1.54) is 6.07 Å². The van der Waals surface area contributed by atoms with Crippen LogP contribution in [0, 0.1) is 0 Å². The van der Waals surface area contributed by atoms with Crippen LogP contribution < -0.4 is 20.9 Å². The van der Waals surface area contributed by atoms with Crippen LogP contribution in [0.15, 0.2) is 42.5 Å². The van der Waals surface area contributed by atoms with Gasteiger partial charge in [-0.25, -0.2) is 4.79 Å². The lowest BCUT2D eigenvalue weighted by atomic mass is 10.2. The third-order valence-electron chi connectivity index (χ3n) is 4.39. The summed E-state index contributed by atoms with van der Waals surface area (Å²) >= 11 is 11.7. The van der Waals surface area contributed by atoms with Crippen LogP contribution in [0.3, 0.4) is 0 Å². The first kappa shape index (κ1) is 21.0. The highest BCUT2D eigenvalue weighted by molar-refractivity contribution is 6.42. The Morgan fingerprint density at radius 3 is 2.34 bits per heavy atom. The molecule has 1 aliphatic rings. The van der Waals surface area contributed by atoms with E-state index in [4.69, 9.17) is 23.2 Å². The molecule has 1 aliphatic heterocycles. The minimum Gasteiger partial charge on any atom is -0.350 e. The monoisotopic (exact) mass is 434 g/mol. The normalized spacial score (nSPS) is 13.3. The second-order valence-electron chi connectivity index (χ2n) is 6.46. The molecule has 9 heteroatoms. The maximum atomic E-state index is 12.0. The molecular formula is C20H20Cl2N4O3. The molecule has 3 rings (SSSR count). The Kier molecular flexibility index (Phi) is 6.95. The van der Waals surface area contributed by atoms with E-state index in [0.29, 0.717) is 27.7 Å². The van der Waals surface area contributed by atoms with Gasteiger partial charge in [-0.3, -0.25) is 9.59 Å². The summed E-state index contributed by atoms with van der Waals surface area (Å²) in [4.78, 5) is 37.5. The smallest absolute Gasteiger partial charge is 0.319 e. The summed E-state index contributed by atoms with van der Waals surface area (Å²) in [6.45, 7) is 1.22. The highest BCUT2D eigenvalue weighted by atomic mass is 35.5. The standard InChI is InChI=1S/C20H20Cl2N4O3/c21-16-8-3-13(12-17(16)22)19(28)23-9-10-24-20(29)25-14-4-6-15(7-5-14)26-11-1-2-18(26)27/h3-8,12H,1-2,9-11H2,(H,23,28)(H2,24,25,29). The average molecular weight is 435 g/mol. The number of nitrogens with zero attached hydrogens (tertiary/aromatic N) is 1. The minimum atomic E-state index is -0.390. The van der Waals surface area contributed by atoms with Gasteiger partial charge in [0, 0.05) is 43.0 Å². The first-order valence-corrected chi connectivity index (χ1v) is 9.88. The van der Waals surface area contributed by atoms with Crippen molar-refractivity contribution >= 4 is 52.4 Å². The molecule has 0 aromatic heterocycles. The molecule has 2 aromatic rings. The molecule has 4 amide bonds. The number of urea groups is 1. The van der Waals surface area contributed by atoms with Gasteiger partial charge < -0.3 is 20.9 Å². The van der Waals surface area contributed by atoms with Crippen molar-refractivity contribution in [1.82, 2.24) is 10.6 Å². The molecule has 1 heterocycles. The van der Waals surface area contributed by atoms with Crippen molar-refractivity contribution in [3.8, 4) is 0 Å². The van der Waals surface area contributed by atoms with Gasteiger partial charge in [-0.05, 0) is 48.9 Å². The second kappa shape index (κ2) is 9.62. The number of amides is 4. The van der Waals surface area contributed by atoms with E-state index in [9.17, 15) is 14.4 Å². The Labute approximate surface area is 178 Å². The van der Waals surface area contributed by atoms with E-state index in [1.54, 1.807) is 41.3 Å². The highest BCUT2D eigenvalue weighted by Crippen LogP contribution is 2.23. The van der Waals surface area contributed by atoms with Crippen LogP contribution in [0.2, 0.25) is 10.0 Å². The SMILES string of the molecule is O=C(NCCNC(=O)c1ccc(Cl)c(Cl)c1)Nc1ccc(N2CCCC2=O)cc1. The Bertz CT molecular complexity index is 918. The van der Waals surface area contributed by atoms with Gasteiger partial charge in [-0.15, -0.1) is 0 Å². The van der Waals surface area contributed by atoms with E-state index in [-0.39, 0.29) is 24.9 Å². The van der Waals surface area contributed by atoms with Gasteiger partial charge in [-0.1, -0.05) is 23.2 Å². The van der Waals surface area contributed by atoms with Gasteiger partial charge in [0.05, 0.1) is 10.0 Å². The van der Waals surface area contributed by atoms with E-state index in [2.05, 4.69) is 16.0 Å². The Hall–Kier alpha value is -2.77. The van der Waals surface area contributed by atoms with Gasteiger partial charge in [0.25, 0.3) is 5.91 Å². The highest BCUT2D eigenvalue weighted by Gasteiger charge is 2.21. The third-order valence-corrected chi connectivity index (χ3v) is 5.13. The Morgan fingerprint density at radius 2 is 1.69 bits per heavy atom. The minimum absolute atomic E-state index is 0.117. The molecule has 1 saturated heterocycles. The molecule has 0 bridgehead atoms. The molecule has 1 fully saturated rings. The molecule has 2 aromatic carbocycles. The average Bonchev–Trinajstić information content (AvgIpc) is 3.13. The van der Waals surface area contributed by atoms with Crippen molar-refractivity contribution in [3.63, 3.8) is 0 Å². The van der Waals surface area contributed by atoms with Crippen LogP contribution in [-0.4, -0.2) is 37.5 Å². The van der Waals surface area contributed by atoms with Crippen molar-refractivity contribution in [2.75, 3.05) is 29.9 Å². The van der Waals surface area contributed by atoms with Crippen LogP contribution in [0.4, 0.5) is 16.2 Å². The number of benzene rings is 2. The summed E-state index contributed by atoms with van der Waals surface area (Å²) in [5, 5.41) is 8.73. The number of hydrogen-bond donors (Lipinski definition) is 3. The molecule has 0 atom stereocenters. The fraction of sp³-hybridized carbons (Fsp3) is 0.250. The summed E-state index contributed by atoms with van der Waals surface area (Å²) < 4.78 is 0. The van der Waals surface area contributed by atoms with Crippen LogP contribution in [-0.2, 0) is 4.79 Å². The number of halogens is 2. The molecular weight excluding hydrogens is 415 g/mol. The number of nitrogens with one attached hydrogen (secondary N) is 3. The fourth-order valence-electron chi connectivity index (χ4n) is 2.91. The molecule has 0 unspecified atom stereocenters. The summed E-state index contributed by atoms with van der Waals surface area (Å²) in [5.74, 6) is -0.191. The lowest BCUT2D eigenvalue weighted by Gasteiger charge is -2.16. The van der Waals surface area contributed by atoms with E-state index < -0.39 is 6.03 Å². The molecule has 0 saturated carbocycles. The predicted octanol–water partition coefficient (Wildman–Crippen LogP) is 3.67. The van der Waals surface area contributed by atoms with Crippen LogP contribution >= 0.6 is 23.2 Å². The largest absolute Gasteiger partial charge is 0.350 e. The zero-order chi connectivity index (χ0) is 20.8. The molecule has 7 nitrogen and oxygen atoms in total. The zero-order valence-electron chi connectivity index (χ0n) is 15.5. The summed E-state index contributed by atoms with van der Waals surface area (Å²) in [6.07, 6.45) is 1.44. The summed E-state index contributed by atoms with van der Waals surface area (Å²) in [6, 6.07) is 11.3. The lowest BCUT2D eigenvalue weighted by molar-refractivity contribution is -0.117. The van der Waals surface area contributed by atoms with Crippen molar-refractivity contribution in [2.45, 2.75) is 12.8 Å². The van der Waals surface area contributed by atoms with Crippen molar-refractivity contribution in [2.24, 2.45) is 0 Å². The molecule has 152 valence electrons. The lowest BCUT2D eigenvalue weighted by Crippen LogP contribution is -2.36. The van der Waals surface area contributed by atoms with E-state index in [0.717, 1.165) is 18.7 Å². The quantitative estimate of drug-likeness (QED) is 0.605. The number of anilines is 2. The van der Waals surface area contributed by atoms with Gasteiger partial charge >= 0.3 is 6.03 Å². The maximum Gasteiger partial charge on any atom is 0.319 e. The third kappa shape index (κ3) is 5.62. The van der Waals surface area contributed by atoms with Crippen LogP contribution in [0.25, 0.3) is 0 Å². The molecule has 0 spiro atoms. The van der Waals surface area contributed by atoms with Crippen LogP contribution in [0.1, 0.15) is 23.2 Å². The van der Waals surface area contributed by atoms with Crippen molar-refractivity contribution in [3.05, 3.63) is 58.1 Å². The molecule has 3 N–H and O–H groups in total. The summed E-state index contributed by atoms with van der Waals surface area (Å²) in [7, 11) is 0. The van der Waals surface area contributed by atoms with Crippen molar-refractivity contribution in [1.29, 1.82) is 0 Å². The maximum absolute atomic E-state index is 12.0. The Balaban J connectivity index is 1.40. The first-order chi connectivity index (χ1) is 13.9. The Morgan fingerprint density at radius 1 is 0.966 bits per heavy atom. The van der Waals surface area contributed by atoms with Crippen LogP contribution in [0.5, 0.6) is 0 Å². The predicted molar refractivity (Wildman–Crippen MR) is 114 cm³/mol. The number of rotatable bonds is 6. The number of carbonyl (C=O) groups is 3. The molecule has 0 aliphatic carbocycles. The number of hydrogen-bond acceptors (Lipinski definition) is 3. The number of carbonyl (C=O) groups excluding carboxylic acids is 3. The van der Waals surface area contributed by atoms with Gasteiger partial charge in [-0.2, -0.15) is 0 Å². The van der Waals surface area contributed by atoms with E-state index >= 15 is 0 Å². The van der Waals surface area contributed by atoms with Gasteiger partial charge in [0.15, 0.2) is 0 Å². The fourth-order valence-corrected chi connectivity index (χ4v) is 3.21. The molecule has 29 heavy (non-hydrogen) atoms. The molecule has 0 radical (unpaired) electrons. The zero-order valence-corrected chi connectivity index (χ0v) is 17.0. The van der Waals surface area contributed by atoms with Gasteiger partial charge in [0.1, 0.15) is 0 Å².